The summed E-state index contributed by atoms with van der Waals surface area (Å²) in [5.74, 6) is -0.497. The molecule has 0 bridgehead atoms. The summed E-state index contributed by atoms with van der Waals surface area (Å²) in [5, 5.41) is 33.4. The first-order valence-electron chi connectivity index (χ1n) is 31.2. The number of rotatable bonds is 58. The fourth-order valence-corrected chi connectivity index (χ4v) is 9.95. The number of allylic oxidation sites excluding steroid dienone is 3. The van der Waals surface area contributed by atoms with Crippen LogP contribution in [-0.2, 0) is 4.79 Å². The Hall–Kier alpha value is -1.17. The number of carbonyl (C=O) groups is 1. The molecular formula is C63H123NO4. The number of hydrogen-bond donors (Lipinski definition) is 4. The summed E-state index contributed by atoms with van der Waals surface area (Å²) in [5.41, 5.74) is 0. The van der Waals surface area contributed by atoms with Crippen molar-refractivity contribution in [1.82, 2.24) is 5.32 Å². The molecule has 0 saturated carbocycles. The quantitative estimate of drug-likeness (QED) is 0.0361. The third-order valence-electron chi connectivity index (χ3n) is 14.8. The van der Waals surface area contributed by atoms with Crippen molar-refractivity contribution in [2.75, 3.05) is 6.61 Å². The summed E-state index contributed by atoms with van der Waals surface area (Å²) in [6, 6.07) is -0.796. The predicted octanol–water partition coefficient (Wildman–Crippen LogP) is 19.6. The Balaban J connectivity index is 3.50. The van der Waals surface area contributed by atoms with E-state index in [2.05, 4.69) is 31.3 Å². The fraction of sp³-hybridized carbons (Fsp3) is 0.921. The highest BCUT2D eigenvalue weighted by atomic mass is 16.3. The Morgan fingerprint density at radius 1 is 0.353 bits per heavy atom. The van der Waals surface area contributed by atoms with E-state index < -0.39 is 24.2 Å². The molecule has 3 unspecified atom stereocenters. The van der Waals surface area contributed by atoms with E-state index in [-0.39, 0.29) is 6.61 Å². The third kappa shape index (κ3) is 52.6. The Morgan fingerprint density at radius 3 is 0.853 bits per heavy atom. The first kappa shape index (κ1) is 66.8. The van der Waals surface area contributed by atoms with E-state index in [9.17, 15) is 20.1 Å². The van der Waals surface area contributed by atoms with E-state index in [1.54, 1.807) is 6.08 Å². The van der Waals surface area contributed by atoms with Crippen LogP contribution in [0.3, 0.4) is 0 Å². The van der Waals surface area contributed by atoms with Gasteiger partial charge in [0.15, 0.2) is 0 Å². The zero-order chi connectivity index (χ0) is 49.3. The maximum Gasteiger partial charge on any atom is 0.249 e. The van der Waals surface area contributed by atoms with Crippen LogP contribution in [0, 0.1) is 0 Å². The van der Waals surface area contributed by atoms with Gasteiger partial charge in [0.25, 0.3) is 0 Å². The van der Waals surface area contributed by atoms with E-state index in [1.807, 2.05) is 6.08 Å². The van der Waals surface area contributed by atoms with Crippen molar-refractivity contribution in [2.45, 2.75) is 366 Å². The van der Waals surface area contributed by atoms with E-state index in [0.717, 1.165) is 32.1 Å². The van der Waals surface area contributed by atoms with Crippen LogP contribution in [0.25, 0.3) is 0 Å². The van der Waals surface area contributed by atoms with Gasteiger partial charge in [-0.25, -0.2) is 0 Å². The molecule has 0 rings (SSSR count). The highest BCUT2D eigenvalue weighted by molar-refractivity contribution is 5.80. The van der Waals surface area contributed by atoms with Gasteiger partial charge in [0, 0.05) is 0 Å². The van der Waals surface area contributed by atoms with Crippen LogP contribution in [0.4, 0.5) is 0 Å². The van der Waals surface area contributed by atoms with Gasteiger partial charge < -0.3 is 20.6 Å². The summed E-state index contributed by atoms with van der Waals surface area (Å²) in [6.07, 6.45) is 75.7. The van der Waals surface area contributed by atoms with Gasteiger partial charge in [-0.15, -0.1) is 0 Å². The summed E-state index contributed by atoms with van der Waals surface area (Å²) in [7, 11) is 0. The van der Waals surface area contributed by atoms with Crippen molar-refractivity contribution in [1.29, 1.82) is 0 Å². The largest absolute Gasteiger partial charge is 0.394 e. The lowest BCUT2D eigenvalue weighted by Gasteiger charge is -2.21. The number of carbonyl (C=O) groups excluding carboxylic acids is 1. The molecular weight excluding hydrogens is 835 g/mol. The van der Waals surface area contributed by atoms with Crippen LogP contribution in [0.5, 0.6) is 0 Å². The summed E-state index contributed by atoms with van der Waals surface area (Å²) < 4.78 is 0. The van der Waals surface area contributed by atoms with E-state index in [4.69, 9.17) is 0 Å². The van der Waals surface area contributed by atoms with Crippen molar-refractivity contribution in [3.63, 3.8) is 0 Å². The Bertz CT molecular complexity index is 1010. The van der Waals surface area contributed by atoms with Crippen LogP contribution in [0.15, 0.2) is 24.3 Å². The minimum atomic E-state index is -1.10. The van der Waals surface area contributed by atoms with E-state index in [1.165, 1.54) is 295 Å². The van der Waals surface area contributed by atoms with Crippen LogP contribution >= 0.6 is 0 Å². The lowest BCUT2D eigenvalue weighted by atomic mass is 10.0. The molecule has 4 N–H and O–H groups in total. The first-order chi connectivity index (χ1) is 33.6. The third-order valence-corrected chi connectivity index (χ3v) is 14.8. The van der Waals surface area contributed by atoms with Crippen molar-refractivity contribution in [3.05, 3.63) is 24.3 Å². The summed E-state index contributed by atoms with van der Waals surface area (Å²) >= 11 is 0. The molecule has 0 fully saturated rings. The predicted molar refractivity (Wildman–Crippen MR) is 301 cm³/mol. The number of aliphatic hydroxyl groups excluding tert-OH is 3. The molecule has 5 nitrogen and oxygen atoms in total. The molecule has 0 aliphatic carbocycles. The minimum Gasteiger partial charge on any atom is -0.394 e. The average Bonchev–Trinajstić information content (AvgIpc) is 3.34. The van der Waals surface area contributed by atoms with Gasteiger partial charge in [0.2, 0.25) is 5.91 Å². The second-order valence-corrected chi connectivity index (χ2v) is 21.6. The monoisotopic (exact) mass is 958 g/mol. The standard InChI is InChI=1S/C63H123NO4/c1-3-5-7-9-11-13-15-17-19-21-23-25-26-27-28-29-30-31-32-33-34-35-36-37-38-40-42-44-46-48-50-52-54-56-58-62(67)63(68)64-60(59-65)61(66)57-55-53-51-49-47-45-43-41-39-24-22-20-18-16-14-12-10-8-6-4-2/h29-30,55,57,60-62,65-67H,3-28,31-54,56,58-59H2,1-2H3,(H,64,68)/b30-29-,57-55+. The molecule has 0 radical (unpaired) electrons. The molecule has 0 saturated heterocycles. The number of aliphatic hydroxyl groups is 3. The van der Waals surface area contributed by atoms with Gasteiger partial charge in [-0.3, -0.25) is 4.79 Å². The Kier molecular flexibility index (Phi) is 57.4. The number of unbranched alkanes of at least 4 members (excludes halogenated alkanes) is 48. The Labute approximate surface area is 426 Å². The Morgan fingerprint density at radius 2 is 0.588 bits per heavy atom. The number of nitrogens with one attached hydrogen (secondary N) is 1. The van der Waals surface area contributed by atoms with Gasteiger partial charge in [0.05, 0.1) is 18.8 Å². The zero-order valence-corrected chi connectivity index (χ0v) is 46.3. The number of hydrogen-bond acceptors (Lipinski definition) is 4. The highest BCUT2D eigenvalue weighted by Gasteiger charge is 2.22. The molecule has 404 valence electrons. The molecule has 0 aromatic carbocycles. The second kappa shape index (κ2) is 58.4. The number of amides is 1. The van der Waals surface area contributed by atoms with Crippen molar-refractivity contribution in [3.8, 4) is 0 Å². The maximum atomic E-state index is 12.6. The van der Waals surface area contributed by atoms with Gasteiger partial charge in [-0.2, -0.15) is 0 Å². The highest BCUT2D eigenvalue weighted by Crippen LogP contribution is 2.18. The first-order valence-corrected chi connectivity index (χ1v) is 31.2. The van der Waals surface area contributed by atoms with E-state index in [0.29, 0.717) is 6.42 Å². The molecule has 0 spiro atoms. The molecule has 0 aliphatic heterocycles. The molecule has 5 heteroatoms. The van der Waals surface area contributed by atoms with Gasteiger partial charge >= 0.3 is 0 Å². The minimum absolute atomic E-state index is 0.360. The molecule has 68 heavy (non-hydrogen) atoms. The van der Waals surface area contributed by atoms with Crippen molar-refractivity contribution < 1.29 is 20.1 Å². The van der Waals surface area contributed by atoms with Crippen LogP contribution in [0.1, 0.15) is 348 Å². The molecule has 0 aromatic heterocycles. The SMILES string of the molecule is CCCCCCCCCCCCCCCC/C=C\CCCCCCCCCCCCCCCCCCC(O)C(=O)NC(CO)C(O)/C=C/CCCCCCCCCCCCCCCCCCCC. The molecule has 0 heterocycles. The lowest BCUT2D eigenvalue weighted by Crippen LogP contribution is -2.48. The van der Waals surface area contributed by atoms with Gasteiger partial charge in [0.1, 0.15) is 6.10 Å². The van der Waals surface area contributed by atoms with Crippen LogP contribution in [-0.4, -0.2) is 46.1 Å². The molecule has 1 amide bonds. The van der Waals surface area contributed by atoms with Crippen molar-refractivity contribution in [2.24, 2.45) is 0 Å². The normalized spacial score (nSPS) is 13.3. The van der Waals surface area contributed by atoms with E-state index >= 15 is 0 Å². The molecule has 3 atom stereocenters. The van der Waals surface area contributed by atoms with Gasteiger partial charge in [-0.1, -0.05) is 327 Å². The summed E-state index contributed by atoms with van der Waals surface area (Å²) in [6.45, 7) is 4.23. The molecule has 0 aromatic rings. The van der Waals surface area contributed by atoms with Crippen molar-refractivity contribution >= 4 is 5.91 Å². The molecule has 0 aliphatic rings. The topological polar surface area (TPSA) is 89.8 Å². The fourth-order valence-electron chi connectivity index (χ4n) is 9.95. The van der Waals surface area contributed by atoms with Crippen LogP contribution < -0.4 is 5.32 Å². The average molecular weight is 959 g/mol. The lowest BCUT2D eigenvalue weighted by molar-refractivity contribution is -0.131. The zero-order valence-electron chi connectivity index (χ0n) is 46.3. The maximum absolute atomic E-state index is 12.6. The smallest absolute Gasteiger partial charge is 0.249 e. The summed E-state index contributed by atoms with van der Waals surface area (Å²) in [4.78, 5) is 12.6. The van der Waals surface area contributed by atoms with Gasteiger partial charge in [-0.05, 0) is 44.9 Å². The van der Waals surface area contributed by atoms with Crippen LogP contribution in [0.2, 0.25) is 0 Å². The second-order valence-electron chi connectivity index (χ2n) is 21.6.